The van der Waals surface area contributed by atoms with Crippen molar-refractivity contribution < 1.29 is 0 Å². The molecule has 2 heterocycles. The van der Waals surface area contributed by atoms with E-state index in [9.17, 15) is 0 Å². The minimum absolute atomic E-state index is 0.472. The number of likely N-dealkylation sites (tertiary alicyclic amines) is 1. The van der Waals surface area contributed by atoms with Crippen LogP contribution in [0.2, 0.25) is 0 Å². The van der Waals surface area contributed by atoms with Gasteiger partial charge in [0.15, 0.2) is 5.82 Å². The SMILES string of the molecule is CCCCn1nnnc1CN1C(C)CCCC1CN. The summed E-state index contributed by atoms with van der Waals surface area (Å²) < 4.78 is 1.94. The molecule has 2 atom stereocenters. The molecule has 0 aliphatic carbocycles. The van der Waals surface area contributed by atoms with Crippen molar-refractivity contribution in [1.29, 1.82) is 0 Å². The Balaban J connectivity index is 2.03. The number of piperidine rings is 1. The van der Waals surface area contributed by atoms with Gasteiger partial charge < -0.3 is 5.73 Å². The van der Waals surface area contributed by atoms with Crippen LogP contribution in [-0.2, 0) is 13.1 Å². The second-order valence-electron chi connectivity index (χ2n) is 5.51. The molecule has 0 spiro atoms. The van der Waals surface area contributed by atoms with Crippen molar-refractivity contribution in [2.45, 2.75) is 71.1 Å². The average molecular weight is 266 g/mol. The van der Waals surface area contributed by atoms with E-state index in [0.29, 0.717) is 12.1 Å². The van der Waals surface area contributed by atoms with Gasteiger partial charge in [0.1, 0.15) is 0 Å². The highest BCUT2D eigenvalue weighted by Crippen LogP contribution is 2.23. The number of hydrogen-bond acceptors (Lipinski definition) is 5. The molecule has 0 amide bonds. The molecule has 0 aromatic carbocycles. The highest BCUT2D eigenvalue weighted by Gasteiger charge is 2.28. The van der Waals surface area contributed by atoms with E-state index in [4.69, 9.17) is 5.73 Å². The van der Waals surface area contributed by atoms with E-state index >= 15 is 0 Å². The molecule has 1 fully saturated rings. The van der Waals surface area contributed by atoms with Gasteiger partial charge in [0.25, 0.3) is 0 Å². The highest BCUT2D eigenvalue weighted by atomic mass is 15.5. The van der Waals surface area contributed by atoms with Crippen LogP contribution < -0.4 is 5.73 Å². The maximum atomic E-state index is 5.90. The Hall–Kier alpha value is -1.01. The number of nitrogens with two attached hydrogens (primary N) is 1. The van der Waals surface area contributed by atoms with Gasteiger partial charge in [0, 0.05) is 25.2 Å². The Morgan fingerprint density at radius 2 is 2.21 bits per heavy atom. The zero-order valence-corrected chi connectivity index (χ0v) is 12.1. The summed E-state index contributed by atoms with van der Waals surface area (Å²) in [7, 11) is 0. The van der Waals surface area contributed by atoms with Crippen LogP contribution in [-0.4, -0.2) is 43.7 Å². The Kier molecular flexibility index (Phi) is 5.27. The third kappa shape index (κ3) is 3.51. The fourth-order valence-electron chi connectivity index (χ4n) is 2.86. The first-order valence-corrected chi connectivity index (χ1v) is 7.47. The number of tetrazole rings is 1. The van der Waals surface area contributed by atoms with E-state index in [2.05, 4.69) is 34.3 Å². The lowest BCUT2D eigenvalue weighted by molar-refractivity contribution is 0.0844. The lowest BCUT2D eigenvalue weighted by Gasteiger charge is -2.39. The third-order valence-electron chi connectivity index (χ3n) is 4.12. The minimum atomic E-state index is 0.472. The predicted octanol–water partition coefficient (Wildman–Crippen LogP) is 1.17. The lowest BCUT2D eigenvalue weighted by Crippen LogP contribution is -2.48. The summed E-state index contributed by atoms with van der Waals surface area (Å²) in [5.74, 6) is 0.973. The maximum absolute atomic E-state index is 5.90. The molecule has 1 saturated heterocycles. The van der Waals surface area contributed by atoms with E-state index < -0.39 is 0 Å². The largest absolute Gasteiger partial charge is 0.329 e. The normalized spacial score (nSPS) is 24.8. The van der Waals surface area contributed by atoms with Crippen molar-refractivity contribution in [3.05, 3.63) is 5.82 Å². The number of unbranched alkanes of at least 4 members (excludes halogenated alkanes) is 1. The van der Waals surface area contributed by atoms with Crippen LogP contribution in [0.1, 0.15) is 51.8 Å². The molecule has 19 heavy (non-hydrogen) atoms. The molecule has 2 rings (SSSR count). The van der Waals surface area contributed by atoms with Crippen molar-refractivity contribution in [2.24, 2.45) is 5.73 Å². The number of hydrogen-bond donors (Lipinski definition) is 1. The van der Waals surface area contributed by atoms with E-state index in [1.165, 1.54) is 19.3 Å². The summed E-state index contributed by atoms with van der Waals surface area (Å²) in [6.07, 6.45) is 5.99. The van der Waals surface area contributed by atoms with Crippen molar-refractivity contribution >= 4 is 0 Å². The van der Waals surface area contributed by atoms with Gasteiger partial charge in [-0.25, -0.2) is 4.68 Å². The molecule has 0 saturated carbocycles. The molecule has 0 bridgehead atoms. The van der Waals surface area contributed by atoms with Gasteiger partial charge in [0.05, 0.1) is 6.54 Å². The van der Waals surface area contributed by atoms with E-state index in [1.54, 1.807) is 0 Å². The summed E-state index contributed by atoms with van der Waals surface area (Å²) in [6, 6.07) is 1.04. The second kappa shape index (κ2) is 6.96. The monoisotopic (exact) mass is 266 g/mol. The fourth-order valence-corrected chi connectivity index (χ4v) is 2.86. The molecule has 108 valence electrons. The van der Waals surface area contributed by atoms with E-state index in [-0.39, 0.29) is 0 Å². The van der Waals surface area contributed by atoms with Gasteiger partial charge in [-0.05, 0) is 36.6 Å². The van der Waals surface area contributed by atoms with E-state index in [0.717, 1.165) is 38.3 Å². The van der Waals surface area contributed by atoms with Gasteiger partial charge in [-0.2, -0.15) is 0 Å². The molecule has 1 aromatic heterocycles. The Morgan fingerprint density at radius 1 is 1.37 bits per heavy atom. The van der Waals surface area contributed by atoms with Crippen molar-refractivity contribution in [3.63, 3.8) is 0 Å². The zero-order valence-electron chi connectivity index (χ0n) is 12.1. The topological polar surface area (TPSA) is 72.9 Å². The standard InChI is InChI=1S/C13H26N6/c1-3-4-8-19-13(15-16-17-19)10-18-11(2)6-5-7-12(18)9-14/h11-12H,3-10,14H2,1-2H3. The molecule has 1 aliphatic heterocycles. The number of nitrogens with zero attached hydrogens (tertiary/aromatic N) is 5. The smallest absolute Gasteiger partial charge is 0.165 e. The van der Waals surface area contributed by atoms with Crippen LogP contribution in [0.4, 0.5) is 0 Å². The van der Waals surface area contributed by atoms with Crippen molar-refractivity contribution in [1.82, 2.24) is 25.1 Å². The van der Waals surface area contributed by atoms with Crippen LogP contribution in [0.5, 0.6) is 0 Å². The van der Waals surface area contributed by atoms with Crippen LogP contribution in [0.25, 0.3) is 0 Å². The maximum Gasteiger partial charge on any atom is 0.165 e. The molecule has 6 nitrogen and oxygen atoms in total. The average Bonchev–Trinajstić information content (AvgIpc) is 2.86. The van der Waals surface area contributed by atoms with Crippen LogP contribution >= 0.6 is 0 Å². The first-order valence-electron chi connectivity index (χ1n) is 7.47. The van der Waals surface area contributed by atoms with Crippen LogP contribution in [0.3, 0.4) is 0 Å². The molecular weight excluding hydrogens is 240 g/mol. The van der Waals surface area contributed by atoms with Gasteiger partial charge in [-0.3, -0.25) is 4.90 Å². The summed E-state index contributed by atoms with van der Waals surface area (Å²) in [6.45, 7) is 6.91. The number of aryl methyl sites for hydroxylation is 1. The van der Waals surface area contributed by atoms with Crippen LogP contribution in [0.15, 0.2) is 0 Å². The summed E-state index contributed by atoms with van der Waals surface area (Å²) in [4.78, 5) is 2.47. The van der Waals surface area contributed by atoms with E-state index in [1.807, 2.05) is 4.68 Å². The van der Waals surface area contributed by atoms with Gasteiger partial charge in [-0.1, -0.05) is 19.8 Å². The predicted molar refractivity (Wildman–Crippen MR) is 74.4 cm³/mol. The third-order valence-corrected chi connectivity index (χ3v) is 4.12. The first kappa shape index (κ1) is 14.4. The molecule has 2 N–H and O–H groups in total. The van der Waals surface area contributed by atoms with Gasteiger partial charge in [-0.15, -0.1) is 5.10 Å². The molecular formula is C13H26N6. The minimum Gasteiger partial charge on any atom is -0.329 e. The van der Waals surface area contributed by atoms with Crippen LogP contribution in [0, 0.1) is 0 Å². The Morgan fingerprint density at radius 3 is 2.95 bits per heavy atom. The van der Waals surface area contributed by atoms with Crippen molar-refractivity contribution in [2.75, 3.05) is 6.54 Å². The molecule has 0 radical (unpaired) electrons. The molecule has 6 heteroatoms. The first-order chi connectivity index (χ1) is 9.26. The number of aromatic nitrogens is 4. The Labute approximate surface area is 115 Å². The highest BCUT2D eigenvalue weighted by molar-refractivity contribution is 4.89. The quantitative estimate of drug-likeness (QED) is 0.837. The molecule has 1 aliphatic rings. The van der Waals surface area contributed by atoms with Crippen molar-refractivity contribution in [3.8, 4) is 0 Å². The fraction of sp³-hybridized carbons (Fsp3) is 0.923. The summed E-state index contributed by atoms with van der Waals surface area (Å²) in [5, 5.41) is 12.1. The van der Waals surface area contributed by atoms with Gasteiger partial charge in [0.2, 0.25) is 0 Å². The van der Waals surface area contributed by atoms with Gasteiger partial charge >= 0.3 is 0 Å². The summed E-state index contributed by atoms with van der Waals surface area (Å²) in [5.41, 5.74) is 5.90. The lowest BCUT2D eigenvalue weighted by atomic mass is 9.96. The second-order valence-corrected chi connectivity index (χ2v) is 5.51. The number of rotatable bonds is 6. The Bertz CT molecular complexity index is 377. The molecule has 2 unspecified atom stereocenters. The zero-order chi connectivity index (χ0) is 13.7. The summed E-state index contributed by atoms with van der Waals surface area (Å²) >= 11 is 0. The molecule has 1 aromatic rings.